The Morgan fingerprint density at radius 3 is 2.18 bits per heavy atom. The molecule has 0 saturated heterocycles. The van der Waals surface area contributed by atoms with Gasteiger partial charge in [-0.3, -0.25) is 4.79 Å². The van der Waals surface area contributed by atoms with Crippen LogP contribution in [0.2, 0.25) is 0 Å². The summed E-state index contributed by atoms with van der Waals surface area (Å²) in [4.78, 5) is 22.4. The summed E-state index contributed by atoms with van der Waals surface area (Å²) in [5.41, 5.74) is 0. The van der Waals surface area contributed by atoms with Gasteiger partial charge in [0.15, 0.2) is 0 Å². The summed E-state index contributed by atoms with van der Waals surface area (Å²) < 4.78 is 0. The SMILES string of the molecule is C[C@@H](NC(=O)O)C(=O)N(C)C. The highest BCUT2D eigenvalue weighted by Gasteiger charge is 2.15. The maximum absolute atomic E-state index is 11.0. The molecule has 2 amide bonds. The van der Waals surface area contributed by atoms with Crippen LogP contribution in [0.1, 0.15) is 6.92 Å². The average molecular weight is 160 g/mol. The first-order valence-corrected chi connectivity index (χ1v) is 3.15. The third-order valence-electron chi connectivity index (χ3n) is 1.15. The van der Waals surface area contributed by atoms with Crippen molar-refractivity contribution in [2.45, 2.75) is 13.0 Å². The monoisotopic (exact) mass is 160 g/mol. The van der Waals surface area contributed by atoms with Crippen molar-refractivity contribution in [1.29, 1.82) is 0 Å². The molecular weight excluding hydrogens is 148 g/mol. The van der Waals surface area contributed by atoms with Crippen LogP contribution in [0.15, 0.2) is 0 Å². The van der Waals surface area contributed by atoms with Crippen LogP contribution in [-0.4, -0.2) is 42.1 Å². The number of hydrogen-bond donors (Lipinski definition) is 2. The van der Waals surface area contributed by atoms with Crippen molar-refractivity contribution in [3.8, 4) is 0 Å². The van der Waals surface area contributed by atoms with Crippen LogP contribution in [0.5, 0.6) is 0 Å². The molecule has 0 aromatic heterocycles. The number of carbonyl (C=O) groups excluding carboxylic acids is 1. The van der Waals surface area contributed by atoms with Gasteiger partial charge in [-0.05, 0) is 6.92 Å². The summed E-state index contributed by atoms with van der Waals surface area (Å²) in [6.07, 6.45) is -1.19. The van der Waals surface area contributed by atoms with Crippen molar-refractivity contribution in [1.82, 2.24) is 10.2 Å². The number of hydrogen-bond acceptors (Lipinski definition) is 2. The van der Waals surface area contributed by atoms with Gasteiger partial charge in [0, 0.05) is 14.1 Å². The van der Waals surface area contributed by atoms with E-state index in [9.17, 15) is 9.59 Å². The Morgan fingerprint density at radius 1 is 1.45 bits per heavy atom. The molecule has 0 aromatic carbocycles. The highest BCUT2D eigenvalue weighted by molar-refractivity contribution is 5.84. The van der Waals surface area contributed by atoms with Crippen molar-refractivity contribution in [2.75, 3.05) is 14.1 Å². The number of nitrogens with one attached hydrogen (secondary N) is 1. The van der Waals surface area contributed by atoms with E-state index >= 15 is 0 Å². The van der Waals surface area contributed by atoms with E-state index in [1.807, 2.05) is 5.32 Å². The number of carbonyl (C=O) groups is 2. The Morgan fingerprint density at radius 2 is 1.91 bits per heavy atom. The fraction of sp³-hybridized carbons (Fsp3) is 0.667. The molecule has 1 atom stereocenters. The van der Waals surface area contributed by atoms with Gasteiger partial charge < -0.3 is 15.3 Å². The molecule has 0 aliphatic rings. The van der Waals surface area contributed by atoms with E-state index in [0.717, 1.165) is 0 Å². The topological polar surface area (TPSA) is 69.6 Å². The average Bonchev–Trinajstić information content (AvgIpc) is 1.84. The molecule has 0 bridgehead atoms. The van der Waals surface area contributed by atoms with E-state index in [1.165, 1.54) is 11.8 Å². The molecule has 0 saturated carbocycles. The van der Waals surface area contributed by atoms with Crippen molar-refractivity contribution in [2.24, 2.45) is 0 Å². The summed E-state index contributed by atoms with van der Waals surface area (Å²) in [6, 6.07) is -0.678. The predicted molar refractivity (Wildman–Crippen MR) is 39.3 cm³/mol. The second kappa shape index (κ2) is 3.80. The lowest BCUT2D eigenvalue weighted by Crippen LogP contribution is -2.43. The number of amides is 2. The van der Waals surface area contributed by atoms with Gasteiger partial charge in [-0.2, -0.15) is 0 Å². The zero-order chi connectivity index (χ0) is 9.02. The van der Waals surface area contributed by atoms with Gasteiger partial charge in [0.1, 0.15) is 6.04 Å². The smallest absolute Gasteiger partial charge is 0.405 e. The Kier molecular flexibility index (Phi) is 3.36. The van der Waals surface area contributed by atoms with Crippen LogP contribution in [0.4, 0.5) is 4.79 Å². The molecule has 0 fully saturated rings. The molecule has 5 nitrogen and oxygen atoms in total. The van der Waals surface area contributed by atoms with E-state index in [4.69, 9.17) is 5.11 Å². The van der Waals surface area contributed by atoms with E-state index in [1.54, 1.807) is 14.1 Å². The molecule has 0 radical (unpaired) electrons. The molecule has 2 N–H and O–H groups in total. The minimum Gasteiger partial charge on any atom is -0.465 e. The number of nitrogens with zero attached hydrogens (tertiary/aromatic N) is 1. The van der Waals surface area contributed by atoms with Crippen LogP contribution in [0.25, 0.3) is 0 Å². The highest BCUT2D eigenvalue weighted by atomic mass is 16.4. The third kappa shape index (κ3) is 3.44. The molecule has 0 heterocycles. The molecule has 0 aliphatic heterocycles. The second-order valence-corrected chi connectivity index (χ2v) is 2.40. The first-order chi connectivity index (χ1) is 4.95. The number of likely N-dealkylation sites (N-methyl/N-ethyl adjacent to an activating group) is 1. The second-order valence-electron chi connectivity index (χ2n) is 2.40. The standard InChI is InChI=1S/C6H12N2O3/c1-4(7-6(10)11)5(9)8(2)3/h4,7H,1-3H3,(H,10,11)/t4-/m1/s1. The zero-order valence-corrected chi connectivity index (χ0v) is 6.79. The minimum atomic E-state index is -1.19. The Bertz CT molecular complexity index is 167. The number of rotatable bonds is 2. The Balaban J connectivity index is 3.93. The summed E-state index contributed by atoms with van der Waals surface area (Å²) in [5.74, 6) is -0.257. The molecule has 11 heavy (non-hydrogen) atoms. The summed E-state index contributed by atoms with van der Waals surface area (Å²) in [7, 11) is 3.14. The van der Waals surface area contributed by atoms with Crippen molar-refractivity contribution < 1.29 is 14.7 Å². The maximum atomic E-state index is 11.0. The molecule has 64 valence electrons. The van der Waals surface area contributed by atoms with Crippen LogP contribution in [0, 0.1) is 0 Å². The fourth-order valence-corrected chi connectivity index (χ4v) is 0.634. The molecular formula is C6H12N2O3. The lowest BCUT2D eigenvalue weighted by molar-refractivity contribution is -0.130. The zero-order valence-electron chi connectivity index (χ0n) is 6.79. The first-order valence-electron chi connectivity index (χ1n) is 3.15. The molecule has 0 spiro atoms. The van der Waals surface area contributed by atoms with Crippen molar-refractivity contribution >= 4 is 12.0 Å². The van der Waals surface area contributed by atoms with Gasteiger partial charge in [0.25, 0.3) is 0 Å². The quantitative estimate of drug-likeness (QED) is 0.584. The van der Waals surface area contributed by atoms with Crippen molar-refractivity contribution in [3.05, 3.63) is 0 Å². The molecule has 0 aromatic rings. The predicted octanol–water partition coefficient (Wildman–Crippen LogP) is -0.269. The first kappa shape index (κ1) is 9.74. The Labute approximate surface area is 65.0 Å². The lowest BCUT2D eigenvalue weighted by atomic mass is 10.3. The minimum absolute atomic E-state index is 0.257. The lowest BCUT2D eigenvalue weighted by Gasteiger charge is -2.15. The van der Waals surface area contributed by atoms with Gasteiger partial charge in [-0.15, -0.1) is 0 Å². The number of carboxylic acid groups (broad SMARTS) is 1. The van der Waals surface area contributed by atoms with Gasteiger partial charge in [0.05, 0.1) is 0 Å². The van der Waals surface area contributed by atoms with Crippen LogP contribution < -0.4 is 5.32 Å². The summed E-state index contributed by atoms with van der Waals surface area (Å²) in [5, 5.41) is 10.3. The van der Waals surface area contributed by atoms with Gasteiger partial charge in [0.2, 0.25) is 5.91 Å². The normalized spacial score (nSPS) is 11.9. The van der Waals surface area contributed by atoms with E-state index in [0.29, 0.717) is 0 Å². The van der Waals surface area contributed by atoms with Gasteiger partial charge >= 0.3 is 6.09 Å². The summed E-state index contributed by atoms with van der Waals surface area (Å²) >= 11 is 0. The molecule has 0 rings (SSSR count). The Hall–Kier alpha value is -1.26. The van der Waals surface area contributed by atoms with E-state index in [2.05, 4.69) is 0 Å². The van der Waals surface area contributed by atoms with Crippen molar-refractivity contribution in [3.63, 3.8) is 0 Å². The molecule has 0 aliphatic carbocycles. The molecule has 5 heteroatoms. The summed E-state index contributed by atoms with van der Waals surface area (Å²) in [6.45, 7) is 1.50. The fourth-order valence-electron chi connectivity index (χ4n) is 0.634. The molecule has 0 unspecified atom stereocenters. The van der Waals surface area contributed by atoms with E-state index in [-0.39, 0.29) is 5.91 Å². The third-order valence-corrected chi connectivity index (χ3v) is 1.15. The van der Waals surface area contributed by atoms with Crippen LogP contribution >= 0.6 is 0 Å². The maximum Gasteiger partial charge on any atom is 0.405 e. The highest BCUT2D eigenvalue weighted by Crippen LogP contribution is 1.87. The largest absolute Gasteiger partial charge is 0.465 e. The van der Waals surface area contributed by atoms with Gasteiger partial charge in [-0.25, -0.2) is 4.79 Å². The van der Waals surface area contributed by atoms with Crippen LogP contribution in [-0.2, 0) is 4.79 Å². The van der Waals surface area contributed by atoms with Crippen LogP contribution in [0.3, 0.4) is 0 Å². The van der Waals surface area contributed by atoms with Gasteiger partial charge in [-0.1, -0.05) is 0 Å². The van der Waals surface area contributed by atoms with E-state index < -0.39 is 12.1 Å².